The third-order valence-electron chi connectivity index (χ3n) is 4.20. The van der Waals surface area contributed by atoms with E-state index in [1.54, 1.807) is 7.11 Å². The van der Waals surface area contributed by atoms with E-state index in [1.807, 2.05) is 0 Å². The van der Waals surface area contributed by atoms with Crippen LogP contribution in [-0.2, 0) is 4.74 Å². The summed E-state index contributed by atoms with van der Waals surface area (Å²) in [5.41, 5.74) is 0. The van der Waals surface area contributed by atoms with Crippen molar-refractivity contribution >= 4 is 0 Å². The number of hydrogen-bond acceptors (Lipinski definition) is 3. The van der Waals surface area contributed by atoms with Crippen molar-refractivity contribution in [2.45, 2.75) is 52.0 Å². The monoisotopic (exact) mass is 256 g/mol. The first-order valence-electron chi connectivity index (χ1n) is 7.76. The normalized spacial score (nSPS) is 19.3. The lowest BCUT2D eigenvalue weighted by atomic mass is 9.83. The molecule has 0 aromatic rings. The van der Waals surface area contributed by atoms with Crippen molar-refractivity contribution in [2.75, 3.05) is 39.9 Å². The molecule has 1 saturated carbocycles. The first-order chi connectivity index (χ1) is 8.81. The maximum Gasteiger partial charge on any atom is 0.0589 e. The van der Waals surface area contributed by atoms with Crippen molar-refractivity contribution in [2.24, 2.45) is 5.92 Å². The van der Waals surface area contributed by atoms with Gasteiger partial charge in [-0.25, -0.2) is 0 Å². The van der Waals surface area contributed by atoms with Gasteiger partial charge in [-0.3, -0.25) is 4.90 Å². The van der Waals surface area contributed by atoms with Crippen molar-refractivity contribution < 1.29 is 4.74 Å². The van der Waals surface area contributed by atoms with Crippen LogP contribution in [0.25, 0.3) is 0 Å². The van der Waals surface area contributed by atoms with Gasteiger partial charge < -0.3 is 10.1 Å². The highest BCUT2D eigenvalue weighted by Gasteiger charge is 2.24. The van der Waals surface area contributed by atoms with Crippen LogP contribution in [-0.4, -0.2) is 50.8 Å². The van der Waals surface area contributed by atoms with Gasteiger partial charge in [0, 0.05) is 26.2 Å². The first-order valence-corrected chi connectivity index (χ1v) is 7.76. The lowest BCUT2D eigenvalue weighted by Gasteiger charge is -2.34. The van der Waals surface area contributed by atoms with Gasteiger partial charge in [-0.1, -0.05) is 33.1 Å². The SMILES string of the molecule is CCNC(CN(CC)CCOC)C1CCCCC1. The van der Waals surface area contributed by atoms with Crippen LogP contribution in [0.2, 0.25) is 0 Å². The minimum Gasteiger partial charge on any atom is -0.383 e. The van der Waals surface area contributed by atoms with Crippen LogP contribution in [0.15, 0.2) is 0 Å². The van der Waals surface area contributed by atoms with Gasteiger partial charge in [0.2, 0.25) is 0 Å². The van der Waals surface area contributed by atoms with Gasteiger partial charge in [-0.15, -0.1) is 0 Å². The number of ether oxygens (including phenoxy) is 1. The van der Waals surface area contributed by atoms with Crippen LogP contribution < -0.4 is 5.32 Å². The molecule has 0 saturated heterocycles. The third kappa shape index (κ3) is 5.68. The Kier molecular flexibility index (Phi) is 8.64. The number of likely N-dealkylation sites (N-methyl/N-ethyl adjacent to an activating group) is 2. The van der Waals surface area contributed by atoms with Crippen LogP contribution >= 0.6 is 0 Å². The Morgan fingerprint density at radius 3 is 2.50 bits per heavy atom. The van der Waals surface area contributed by atoms with E-state index in [2.05, 4.69) is 24.1 Å². The van der Waals surface area contributed by atoms with Crippen LogP contribution in [0.1, 0.15) is 46.0 Å². The zero-order valence-electron chi connectivity index (χ0n) is 12.6. The zero-order valence-corrected chi connectivity index (χ0v) is 12.6. The summed E-state index contributed by atoms with van der Waals surface area (Å²) in [5.74, 6) is 0.885. The molecule has 1 fully saturated rings. The highest BCUT2D eigenvalue weighted by molar-refractivity contribution is 4.81. The van der Waals surface area contributed by atoms with Crippen molar-refractivity contribution in [3.05, 3.63) is 0 Å². The van der Waals surface area contributed by atoms with Gasteiger partial charge in [0.05, 0.1) is 6.61 Å². The fourth-order valence-electron chi connectivity index (χ4n) is 3.06. The lowest BCUT2D eigenvalue weighted by Crippen LogP contribution is -2.46. The summed E-state index contributed by atoms with van der Waals surface area (Å²) in [5, 5.41) is 3.71. The standard InChI is InChI=1S/C15H32N2O/c1-4-16-15(14-9-7-6-8-10-14)13-17(5-2)11-12-18-3/h14-16H,4-13H2,1-3H3. The molecule has 0 radical (unpaired) electrons. The Morgan fingerprint density at radius 2 is 1.94 bits per heavy atom. The average molecular weight is 256 g/mol. The van der Waals surface area contributed by atoms with E-state index in [0.717, 1.165) is 32.2 Å². The molecular weight excluding hydrogens is 224 g/mol. The third-order valence-corrected chi connectivity index (χ3v) is 4.20. The van der Waals surface area contributed by atoms with Gasteiger partial charge in [-0.2, -0.15) is 0 Å². The first kappa shape index (κ1) is 15.9. The zero-order chi connectivity index (χ0) is 13.2. The number of rotatable bonds is 9. The van der Waals surface area contributed by atoms with E-state index in [1.165, 1.54) is 38.6 Å². The summed E-state index contributed by atoms with van der Waals surface area (Å²) in [4.78, 5) is 2.52. The molecular formula is C15H32N2O. The molecule has 0 aliphatic heterocycles. The van der Waals surface area contributed by atoms with Gasteiger partial charge >= 0.3 is 0 Å². The van der Waals surface area contributed by atoms with E-state index in [-0.39, 0.29) is 0 Å². The molecule has 0 spiro atoms. The Balaban J connectivity index is 2.43. The maximum atomic E-state index is 5.20. The molecule has 0 heterocycles. The second-order valence-electron chi connectivity index (χ2n) is 5.45. The van der Waals surface area contributed by atoms with Crippen LogP contribution in [0.5, 0.6) is 0 Å². The topological polar surface area (TPSA) is 24.5 Å². The minimum absolute atomic E-state index is 0.673. The molecule has 0 bridgehead atoms. The predicted octanol–water partition coefficient (Wildman–Crippen LogP) is 2.51. The highest BCUT2D eigenvalue weighted by Crippen LogP contribution is 2.26. The molecule has 1 aliphatic rings. The molecule has 1 unspecified atom stereocenters. The number of methoxy groups -OCH3 is 1. The maximum absolute atomic E-state index is 5.20. The van der Waals surface area contributed by atoms with Crippen LogP contribution in [0.3, 0.4) is 0 Å². The fraction of sp³-hybridized carbons (Fsp3) is 1.00. The Morgan fingerprint density at radius 1 is 1.22 bits per heavy atom. The summed E-state index contributed by atoms with van der Waals surface area (Å²) < 4.78 is 5.20. The van der Waals surface area contributed by atoms with E-state index in [9.17, 15) is 0 Å². The molecule has 0 aromatic carbocycles. The molecule has 1 rings (SSSR count). The smallest absolute Gasteiger partial charge is 0.0589 e. The molecule has 1 N–H and O–H groups in total. The molecule has 0 amide bonds. The second kappa shape index (κ2) is 9.76. The van der Waals surface area contributed by atoms with Crippen molar-refractivity contribution in [3.63, 3.8) is 0 Å². The van der Waals surface area contributed by atoms with Crippen LogP contribution in [0, 0.1) is 5.92 Å². The van der Waals surface area contributed by atoms with Gasteiger partial charge in [0.15, 0.2) is 0 Å². The second-order valence-corrected chi connectivity index (χ2v) is 5.45. The molecule has 1 aliphatic carbocycles. The van der Waals surface area contributed by atoms with Crippen molar-refractivity contribution in [1.82, 2.24) is 10.2 Å². The average Bonchev–Trinajstić information content (AvgIpc) is 2.43. The van der Waals surface area contributed by atoms with Gasteiger partial charge in [0.1, 0.15) is 0 Å². The van der Waals surface area contributed by atoms with E-state index < -0.39 is 0 Å². The molecule has 3 heteroatoms. The summed E-state index contributed by atoms with van der Waals surface area (Å²) in [6, 6.07) is 0.673. The summed E-state index contributed by atoms with van der Waals surface area (Å²) in [7, 11) is 1.79. The number of hydrogen-bond donors (Lipinski definition) is 1. The molecule has 108 valence electrons. The highest BCUT2D eigenvalue weighted by atomic mass is 16.5. The van der Waals surface area contributed by atoms with E-state index in [0.29, 0.717) is 6.04 Å². The van der Waals surface area contributed by atoms with Gasteiger partial charge in [0.25, 0.3) is 0 Å². The molecule has 0 aromatic heterocycles. The van der Waals surface area contributed by atoms with E-state index in [4.69, 9.17) is 4.74 Å². The number of nitrogens with zero attached hydrogens (tertiary/aromatic N) is 1. The molecule has 3 nitrogen and oxygen atoms in total. The van der Waals surface area contributed by atoms with Gasteiger partial charge in [-0.05, 0) is 31.8 Å². The van der Waals surface area contributed by atoms with Crippen LogP contribution in [0.4, 0.5) is 0 Å². The Bertz CT molecular complexity index is 193. The number of nitrogens with one attached hydrogen (secondary N) is 1. The summed E-state index contributed by atoms with van der Waals surface area (Å²) >= 11 is 0. The minimum atomic E-state index is 0.673. The van der Waals surface area contributed by atoms with E-state index >= 15 is 0 Å². The largest absolute Gasteiger partial charge is 0.383 e. The van der Waals surface area contributed by atoms with Crippen molar-refractivity contribution in [1.29, 1.82) is 0 Å². The molecule has 18 heavy (non-hydrogen) atoms. The Hall–Kier alpha value is -0.120. The fourth-order valence-corrected chi connectivity index (χ4v) is 3.06. The summed E-state index contributed by atoms with van der Waals surface area (Å²) in [6.45, 7) is 9.76. The quantitative estimate of drug-likeness (QED) is 0.686. The summed E-state index contributed by atoms with van der Waals surface area (Å²) in [6.07, 6.45) is 7.13. The Labute approximate surface area is 113 Å². The molecule has 1 atom stereocenters. The predicted molar refractivity (Wildman–Crippen MR) is 78.0 cm³/mol. The lowest BCUT2D eigenvalue weighted by molar-refractivity contribution is 0.130. The van der Waals surface area contributed by atoms with Crippen molar-refractivity contribution in [3.8, 4) is 0 Å².